The van der Waals surface area contributed by atoms with Crippen LogP contribution in [0.25, 0.3) is 0 Å². The second-order valence-corrected chi connectivity index (χ2v) is 7.45. The first-order valence-corrected chi connectivity index (χ1v) is 10.1. The van der Waals surface area contributed by atoms with Gasteiger partial charge < -0.3 is 15.2 Å². The van der Waals surface area contributed by atoms with Gasteiger partial charge in [-0.3, -0.25) is 0 Å². The molecule has 2 N–H and O–H groups in total. The first-order valence-electron chi connectivity index (χ1n) is 9.34. The number of rotatable bonds is 8. The Morgan fingerprint density at radius 2 is 1.59 bits per heavy atom. The number of benzene rings is 3. The monoisotopic (exact) mass is 433 g/mol. The van der Waals surface area contributed by atoms with Gasteiger partial charge in [0.05, 0.1) is 28.8 Å². The summed E-state index contributed by atoms with van der Waals surface area (Å²) in [5, 5.41) is 15.1. The van der Waals surface area contributed by atoms with Crippen molar-refractivity contribution < 1.29 is 14.2 Å². The molecular weight excluding hydrogens is 412 g/mol. The Balaban J connectivity index is 1.84. The Kier molecular flexibility index (Phi) is 7.37. The third-order valence-electron chi connectivity index (χ3n) is 4.57. The minimum Gasteiger partial charge on any atom is -0.494 e. The summed E-state index contributed by atoms with van der Waals surface area (Å²) in [5.41, 5.74) is 2.40. The molecule has 0 saturated heterocycles. The minimum absolute atomic E-state index is 0.247. The Labute approximate surface area is 180 Å². The molecule has 0 spiro atoms. The van der Waals surface area contributed by atoms with E-state index in [1.54, 1.807) is 24.3 Å². The first kappa shape index (κ1) is 21.4. The van der Waals surface area contributed by atoms with E-state index in [1.165, 1.54) is 12.1 Å². The highest BCUT2D eigenvalue weighted by molar-refractivity contribution is 6.42. The molecule has 2 unspecified atom stereocenters. The quantitative estimate of drug-likeness (QED) is 0.409. The predicted octanol–water partition coefficient (Wildman–Crippen LogP) is 6.81. The highest BCUT2D eigenvalue weighted by Gasteiger charge is 2.19. The molecule has 3 nitrogen and oxygen atoms in total. The van der Waals surface area contributed by atoms with E-state index in [0.717, 1.165) is 17.0 Å². The smallest absolute Gasteiger partial charge is 0.123 e. The summed E-state index contributed by atoms with van der Waals surface area (Å²) in [6.45, 7) is 2.53. The fourth-order valence-corrected chi connectivity index (χ4v) is 3.37. The summed E-state index contributed by atoms with van der Waals surface area (Å²) in [4.78, 5) is 0. The number of hydrogen-bond acceptors (Lipinski definition) is 3. The van der Waals surface area contributed by atoms with Crippen LogP contribution in [-0.4, -0.2) is 11.7 Å². The molecule has 29 heavy (non-hydrogen) atoms. The normalized spacial score (nSPS) is 13.0. The summed E-state index contributed by atoms with van der Waals surface area (Å²) in [5.74, 6) is 0.449. The highest BCUT2D eigenvalue weighted by Crippen LogP contribution is 2.33. The third-order valence-corrected chi connectivity index (χ3v) is 5.31. The molecule has 0 radical (unpaired) electrons. The van der Waals surface area contributed by atoms with Gasteiger partial charge in [0, 0.05) is 12.1 Å². The Morgan fingerprint density at radius 3 is 2.21 bits per heavy atom. The Hall–Kier alpha value is -2.27. The van der Waals surface area contributed by atoms with Crippen LogP contribution < -0.4 is 10.1 Å². The van der Waals surface area contributed by atoms with Crippen LogP contribution in [0.15, 0.2) is 66.7 Å². The number of nitrogens with one attached hydrogen (secondary N) is 1. The van der Waals surface area contributed by atoms with Crippen LogP contribution in [-0.2, 0) is 0 Å². The Morgan fingerprint density at radius 1 is 0.931 bits per heavy atom. The number of hydrogen-bond donors (Lipinski definition) is 2. The molecule has 0 bridgehead atoms. The standard InChI is InChI=1S/C23H22Cl2FNO2/c1-2-29-19-10-8-18(9-11-19)27-22(16-5-12-20(24)21(25)13-16)14-23(28)15-3-6-17(26)7-4-15/h3-13,22-23,27-28H,2,14H2,1H3. The summed E-state index contributed by atoms with van der Waals surface area (Å²) in [6.07, 6.45) is -0.429. The molecule has 6 heteroatoms. The van der Waals surface area contributed by atoms with Gasteiger partial charge in [0.2, 0.25) is 0 Å². The number of anilines is 1. The van der Waals surface area contributed by atoms with Crippen molar-refractivity contribution in [3.63, 3.8) is 0 Å². The molecule has 0 aromatic heterocycles. The molecule has 2 atom stereocenters. The van der Waals surface area contributed by atoms with E-state index >= 15 is 0 Å². The van der Waals surface area contributed by atoms with Gasteiger partial charge >= 0.3 is 0 Å². The fraction of sp³-hybridized carbons (Fsp3) is 0.217. The van der Waals surface area contributed by atoms with Gasteiger partial charge in [-0.25, -0.2) is 4.39 Å². The van der Waals surface area contributed by atoms with Crippen molar-refractivity contribution in [1.29, 1.82) is 0 Å². The van der Waals surface area contributed by atoms with E-state index in [4.69, 9.17) is 27.9 Å². The molecule has 0 aliphatic rings. The van der Waals surface area contributed by atoms with Crippen molar-refractivity contribution in [2.45, 2.75) is 25.5 Å². The zero-order valence-electron chi connectivity index (χ0n) is 15.9. The average Bonchev–Trinajstić information content (AvgIpc) is 2.71. The summed E-state index contributed by atoms with van der Waals surface area (Å²) in [7, 11) is 0. The first-order chi connectivity index (χ1) is 14.0. The van der Waals surface area contributed by atoms with E-state index in [-0.39, 0.29) is 11.9 Å². The van der Waals surface area contributed by atoms with Crippen molar-refractivity contribution in [3.05, 3.63) is 93.7 Å². The van der Waals surface area contributed by atoms with Crippen molar-refractivity contribution in [3.8, 4) is 5.75 Å². The van der Waals surface area contributed by atoms with Crippen LogP contribution >= 0.6 is 23.2 Å². The lowest BCUT2D eigenvalue weighted by atomic mass is 9.96. The summed E-state index contributed by atoms with van der Waals surface area (Å²) >= 11 is 12.3. The van der Waals surface area contributed by atoms with Crippen molar-refractivity contribution >= 4 is 28.9 Å². The van der Waals surface area contributed by atoms with E-state index in [1.807, 2.05) is 37.3 Å². The van der Waals surface area contributed by atoms with Gasteiger partial charge in [-0.2, -0.15) is 0 Å². The summed E-state index contributed by atoms with van der Waals surface area (Å²) in [6, 6.07) is 18.6. The average molecular weight is 434 g/mol. The number of halogens is 3. The largest absolute Gasteiger partial charge is 0.494 e. The van der Waals surface area contributed by atoms with Crippen LogP contribution in [0.3, 0.4) is 0 Å². The van der Waals surface area contributed by atoms with Gasteiger partial charge in [-0.15, -0.1) is 0 Å². The van der Waals surface area contributed by atoms with Crippen LogP contribution in [0.1, 0.15) is 36.6 Å². The number of aliphatic hydroxyl groups is 1. The van der Waals surface area contributed by atoms with E-state index in [9.17, 15) is 9.50 Å². The predicted molar refractivity (Wildman–Crippen MR) is 116 cm³/mol. The SMILES string of the molecule is CCOc1ccc(NC(CC(O)c2ccc(F)cc2)c2ccc(Cl)c(Cl)c2)cc1. The van der Waals surface area contributed by atoms with Crippen molar-refractivity contribution in [1.82, 2.24) is 0 Å². The molecule has 0 aliphatic carbocycles. The van der Waals surface area contributed by atoms with Crippen LogP contribution in [0, 0.1) is 5.82 Å². The zero-order chi connectivity index (χ0) is 20.8. The third kappa shape index (κ3) is 5.86. The second kappa shape index (κ2) is 9.97. The molecule has 152 valence electrons. The second-order valence-electron chi connectivity index (χ2n) is 6.63. The molecule has 0 aliphatic heterocycles. The van der Waals surface area contributed by atoms with Gasteiger partial charge in [0.25, 0.3) is 0 Å². The lowest BCUT2D eigenvalue weighted by molar-refractivity contribution is 0.160. The molecule has 3 aromatic carbocycles. The molecule has 3 rings (SSSR count). The summed E-state index contributed by atoms with van der Waals surface area (Å²) < 4.78 is 18.7. The lowest BCUT2D eigenvalue weighted by Gasteiger charge is -2.24. The number of ether oxygens (including phenoxy) is 1. The molecule has 0 heterocycles. The molecule has 3 aromatic rings. The van der Waals surface area contributed by atoms with Crippen LogP contribution in [0.5, 0.6) is 5.75 Å². The molecule has 0 amide bonds. The van der Waals surface area contributed by atoms with E-state index in [2.05, 4.69) is 5.32 Å². The Bertz CT molecular complexity index is 933. The minimum atomic E-state index is -0.787. The lowest BCUT2D eigenvalue weighted by Crippen LogP contribution is -2.15. The van der Waals surface area contributed by atoms with Gasteiger partial charge in [0.1, 0.15) is 11.6 Å². The van der Waals surface area contributed by atoms with Crippen molar-refractivity contribution in [2.24, 2.45) is 0 Å². The number of aliphatic hydroxyl groups excluding tert-OH is 1. The topological polar surface area (TPSA) is 41.5 Å². The molecular formula is C23H22Cl2FNO2. The maximum Gasteiger partial charge on any atom is 0.123 e. The highest BCUT2D eigenvalue weighted by atomic mass is 35.5. The molecule has 0 fully saturated rings. The van der Waals surface area contributed by atoms with Gasteiger partial charge in [-0.05, 0) is 66.6 Å². The van der Waals surface area contributed by atoms with Gasteiger partial charge in [0.15, 0.2) is 0 Å². The molecule has 0 saturated carbocycles. The van der Waals surface area contributed by atoms with E-state index in [0.29, 0.717) is 28.6 Å². The van der Waals surface area contributed by atoms with Crippen molar-refractivity contribution in [2.75, 3.05) is 11.9 Å². The van der Waals surface area contributed by atoms with Crippen LogP contribution in [0.4, 0.5) is 10.1 Å². The maximum atomic E-state index is 13.2. The maximum absolute atomic E-state index is 13.2. The zero-order valence-corrected chi connectivity index (χ0v) is 17.4. The fourth-order valence-electron chi connectivity index (χ4n) is 3.07. The van der Waals surface area contributed by atoms with Gasteiger partial charge in [-0.1, -0.05) is 41.4 Å². The van der Waals surface area contributed by atoms with Crippen LogP contribution in [0.2, 0.25) is 10.0 Å². The van der Waals surface area contributed by atoms with E-state index < -0.39 is 6.10 Å².